The molecule has 10 heteroatoms. The molecule has 1 saturated heterocycles. The maximum absolute atomic E-state index is 13.9. The van der Waals surface area contributed by atoms with Crippen LogP contribution >= 0.6 is 0 Å². The van der Waals surface area contributed by atoms with Gasteiger partial charge in [-0.3, -0.25) is 9.69 Å². The van der Waals surface area contributed by atoms with E-state index in [1.807, 2.05) is 0 Å². The van der Waals surface area contributed by atoms with Crippen molar-refractivity contribution in [3.8, 4) is 0 Å². The highest BCUT2D eigenvalue weighted by atomic mass is 19.2. The molecule has 0 spiro atoms. The Hall–Kier alpha value is -3.04. The van der Waals surface area contributed by atoms with Gasteiger partial charge in [0.2, 0.25) is 5.82 Å². The summed E-state index contributed by atoms with van der Waals surface area (Å²) in [5.74, 6) is -12.5. The summed E-state index contributed by atoms with van der Waals surface area (Å²) in [4.78, 5) is 25.5. The Balaban J connectivity index is 2.03. The summed E-state index contributed by atoms with van der Waals surface area (Å²) in [6.45, 7) is 0.364. The topological polar surface area (TPSA) is 49.4 Å². The molecule has 0 radical (unpaired) electrons. The second-order valence-corrected chi connectivity index (χ2v) is 6.14. The summed E-state index contributed by atoms with van der Waals surface area (Å²) in [7, 11) is 0. The molecular formula is C18H12F6N2O2. The van der Waals surface area contributed by atoms with Crippen LogP contribution in [0.3, 0.4) is 0 Å². The number of halogens is 6. The highest BCUT2D eigenvalue weighted by Gasteiger charge is 2.51. The van der Waals surface area contributed by atoms with Crippen molar-refractivity contribution in [2.45, 2.75) is 25.4 Å². The van der Waals surface area contributed by atoms with Crippen molar-refractivity contribution in [3.63, 3.8) is 0 Å². The predicted octanol–water partition coefficient (Wildman–Crippen LogP) is 3.88. The molecule has 1 atom stereocenters. The molecule has 1 N–H and O–H groups in total. The van der Waals surface area contributed by atoms with Gasteiger partial charge in [0.05, 0.1) is 6.54 Å². The van der Waals surface area contributed by atoms with Crippen molar-refractivity contribution in [2.24, 2.45) is 0 Å². The molecular weight excluding hydrogens is 390 g/mol. The second kappa shape index (κ2) is 6.84. The number of nitrogens with one attached hydrogen (secondary N) is 1. The number of carbonyl (C=O) groups excluding carboxylic acids is 2. The van der Waals surface area contributed by atoms with Crippen LogP contribution in [0.2, 0.25) is 0 Å². The van der Waals surface area contributed by atoms with Crippen LogP contribution in [0, 0.1) is 34.9 Å². The van der Waals surface area contributed by atoms with Crippen molar-refractivity contribution >= 4 is 11.9 Å². The summed E-state index contributed by atoms with van der Waals surface area (Å²) in [5, 5.41) is 2.36. The van der Waals surface area contributed by atoms with Crippen molar-refractivity contribution in [3.05, 3.63) is 70.3 Å². The molecule has 148 valence electrons. The molecule has 3 rings (SSSR count). The lowest BCUT2D eigenvalue weighted by Gasteiger charge is -2.26. The second-order valence-electron chi connectivity index (χ2n) is 6.14. The summed E-state index contributed by atoms with van der Waals surface area (Å²) < 4.78 is 81.0. The molecule has 3 amide bonds. The van der Waals surface area contributed by atoms with Crippen molar-refractivity contribution in [1.82, 2.24) is 10.2 Å². The minimum atomic E-state index is -2.34. The Morgan fingerprint density at radius 1 is 0.857 bits per heavy atom. The molecule has 2 aromatic carbocycles. The molecule has 28 heavy (non-hydrogen) atoms. The lowest BCUT2D eigenvalue weighted by molar-refractivity contribution is -0.132. The fraction of sp³-hybridized carbons (Fsp3) is 0.222. The summed E-state index contributed by atoms with van der Waals surface area (Å²) in [6.07, 6.45) is -0.00316. The largest absolute Gasteiger partial charge is 0.325 e. The summed E-state index contributed by atoms with van der Waals surface area (Å²) in [5.41, 5.74) is -2.77. The van der Waals surface area contributed by atoms with Gasteiger partial charge in [-0.2, -0.15) is 0 Å². The first-order chi connectivity index (χ1) is 13.1. The molecule has 0 aliphatic carbocycles. The van der Waals surface area contributed by atoms with Crippen molar-refractivity contribution in [1.29, 1.82) is 0 Å². The fourth-order valence-electron chi connectivity index (χ4n) is 3.09. The van der Waals surface area contributed by atoms with E-state index < -0.39 is 64.5 Å². The van der Waals surface area contributed by atoms with Gasteiger partial charge in [-0.05, 0) is 24.1 Å². The average Bonchev–Trinajstić information content (AvgIpc) is 2.93. The van der Waals surface area contributed by atoms with Crippen LogP contribution in [0.15, 0.2) is 24.3 Å². The summed E-state index contributed by atoms with van der Waals surface area (Å²) in [6, 6.07) is 3.52. The van der Waals surface area contributed by atoms with E-state index in [0.717, 1.165) is 12.1 Å². The minimum absolute atomic E-state index is 0.00316. The van der Waals surface area contributed by atoms with Gasteiger partial charge in [-0.25, -0.2) is 31.1 Å². The number of rotatable bonds is 4. The van der Waals surface area contributed by atoms with E-state index in [-0.39, 0.29) is 12.0 Å². The van der Waals surface area contributed by atoms with E-state index in [9.17, 15) is 35.9 Å². The molecule has 1 aliphatic heterocycles. The van der Waals surface area contributed by atoms with E-state index in [1.165, 1.54) is 19.1 Å². The molecule has 0 bridgehead atoms. The van der Waals surface area contributed by atoms with Crippen molar-refractivity contribution < 1.29 is 35.9 Å². The zero-order chi connectivity index (χ0) is 20.8. The first kappa shape index (κ1) is 19.7. The number of amides is 3. The molecule has 2 aromatic rings. The number of nitrogens with zero attached hydrogens (tertiary/aromatic N) is 1. The predicted molar refractivity (Wildman–Crippen MR) is 83.7 cm³/mol. The van der Waals surface area contributed by atoms with Crippen LogP contribution in [0.4, 0.5) is 31.1 Å². The quantitative estimate of drug-likeness (QED) is 0.365. The standard InChI is InChI=1S/C18H12F6N2O2/c1-2-18(8-3-5-9(19)6-4-8)16(27)26(17(28)25-18)7-10-11(20)13(22)15(24)14(23)12(10)21/h3-6H,2,7H2,1H3,(H,25,28)/t18-/m0/s1. The molecule has 0 aromatic heterocycles. The smallest absolute Gasteiger partial charge is 0.319 e. The first-order valence-corrected chi connectivity index (χ1v) is 8.04. The van der Waals surface area contributed by atoms with Gasteiger partial charge < -0.3 is 5.32 Å². The van der Waals surface area contributed by atoms with Crippen LogP contribution < -0.4 is 5.32 Å². The molecule has 1 aliphatic rings. The lowest BCUT2D eigenvalue weighted by atomic mass is 9.87. The highest BCUT2D eigenvalue weighted by Crippen LogP contribution is 2.34. The molecule has 1 fully saturated rings. The Morgan fingerprint density at radius 2 is 1.36 bits per heavy atom. The lowest BCUT2D eigenvalue weighted by Crippen LogP contribution is -2.43. The minimum Gasteiger partial charge on any atom is -0.319 e. The zero-order valence-corrected chi connectivity index (χ0v) is 14.3. The van der Waals surface area contributed by atoms with E-state index >= 15 is 0 Å². The molecule has 4 nitrogen and oxygen atoms in total. The Kier molecular flexibility index (Phi) is 4.82. The zero-order valence-electron chi connectivity index (χ0n) is 14.3. The number of hydrogen-bond donors (Lipinski definition) is 1. The van der Waals surface area contributed by atoms with E-state index in [0.29, 0.717) is 4.90 Å². The normalized spacial score (nSPS) is 19.3. The van der Waals surface area contributed by atoms with Gasteiger partial charge in [0, 0.05) is 5.56 Å². The number of carbonyl (C=O) groups is 2. The average molecular weight is 402 g/mol. The van der Waals surface area contributed by atoms with E-state index in [4.69, 9.17) is 0 Å². The summed E-state index contributed by atoms with van der Waals surface area (Å²) >= 11 is 0. The SMILES string of the molecule is CC[C@@]1(c2ccc(F)cc2)NC(=O)N(Cc2c(F)c(F)c(F)c(F)c2F)C1=O. The first-order valence-electron chi connectivity index (χ1n) is 8.04. The van der Waals surface area contributed by atoms with Gasteiger partial charge in [-0.1, -0.05) is 19.1 Å². The molecule has 0 saturated carbocycles. The Labute approximate surface area is 154 Å². The van der Waals surface area contributed by atoms with Gasteiger partial charge in [0.25, 0.3) is 5.91 Å². The van der Waals surface area contributed by atoms with Crippen LogP contribution in [0.1, 0.15) is 24.5 Å². The van der Waals surface area contributed by atoms with Crippen molar-refractivity contribution in [2.75, 3.05) is 0 Å². The maximum atomic E-state index is 13.9. The van der Waals surface area contributed by atoms with Crippen LogP contribution in [0.25, 0.3) is 0 Å². The number of hydrogen-bond acceptors (Lipinski definition) is 2. The van der Waals surface area contributed by atoms with Crippen LogP contribution in [0.5, 0.6) is 0 Å². The number of urea groups is 1. The number of imide groups is 1. The van der Waals surface area contributed by atoms with Gasteiger partial charge in [0.1, 0.15) is 11.4 Å². The Morgan fingerprint density at radius 3 is 1.86 bits per heavy atom. The highest BCUT2D eigenvalue weighted by molar-refractivity contribution is 6.07. The molecule has 1 heterocycles. The van der Waals surface area contributed by atoms with Gasteiger partial charge in [0.15, 0.2) is 23.3 Å². The van der Waals surface area contributed by atoms with Gasteiger partial charge in [-0.15, -0.1) is 0 Å². The van der Waals surface area contributed by atoms with E-state index in [1.54, 1.807) is 0 Å². The third kappa shape index (κ3) is 2.79. The van der Waals surface area contributed by atoms with Crippen LogP contribution in [-0.2, 0) is 16.9 Å². The molecule has 0 unspecified atom stereocenters. The number of benzene rings is 2. The van der Waals surface area contributed by atoms with Gasteiger partial charge >= 0.3 is 6.03 Å². The third-order valence-electron chi connectivity index (χ3n) is 4.66. The Bertz CT molecular complexity index is 950. The fourth-order valence-corrected chi connectivity index (χ4v) is 3.09. The third-order valence-corrected chi connectivity index (χ3v) is 4.66. The van der Waals surface area contributed by atoms with Crippen LogP contribution in [-0.4, -0.2) is 16.8 Å². The maximum Gasteiger partial charge on any atom is 0.325 e. The van der Waals surface area contributed by atoms with E-state index in [2.05, 4.69) is 5.32 Å². The monoisotopic (exact) mass is 402 g/mol.